The molecule has 0 aromatic heterocycles. The van der Waals surface area contributed by atoms with Gasteiger partial charge in [-0.3, -0.25) is 24.0 Å². The number of carbonyl (C=O) groups excluding carboxylic acids is 5. The normalized spacial score (nSPS) is 11.4. The highest BCUT2D eigenvalue weighted by Gasteiger charge is 2.25. The number of aromatic carboxylic acids is 1. The number of phenolic OH excluding ortho intramolecular Hbond substituents is 1. The summed E-state index contributed by atoms with van der Waals surface area (Å²) in [6.07, 6.45) is -0.377. The number of rotatable bonds is 15. The fraction of sp³-hybridized carbons (Fsp3) is 0.133. The van der Waals surface area contributed by atoms with Crippen molar-refractivity contribution >= 4 is 63.8 Å². The van der Waals surface area contributed by atoms with E-state index in [0.29, 0.717) is 22.4 Å². The Labute approximate surface area is 358 Å². The Morgan fingerprint density at radius 2 is 1.11 bits per heavy atom. The van der Waals surface area contributed by atoms with Gasteiger partial charge >= 0.3 is 5.97 Å². The molecule has 0 bridgehead atoms. The van der Waals surface area contributed by atoms with Crippen molar-refractivity contribution in [2.45, 2.75) is 26.3 Å². The Balaban J connectivity index is 1.19. The zero-order valence-corrected chi connectivity index (χ0v) is 34.0. The molecule has 0 heterocycles. The summed E-state index contributed by atoms with van der Waals surface area (Å²) in [7, 11) is 2.35. The van der Waals surface area contributed by atoms with Crippen molar-refractivity contribution in [3.8, 4) is 29.1 Å². The number of carboxylic acid groups (broad SMARTS) is 1. The van der Waals surface area contributed by atoms with Crippen LogP contribution in [0.2, 0.25) is 0 Å². The summed E-state index contributed by atoms with van der Waals surface area (Å²) in [5.74, 6) is -7.17. The molecule has 0 unspecified atom stereocenters. The van der Waals surface area contributed by atoms with E-state index in [-0.39, 0.29) is 51.7 Å². The van der Waals surface area contributed by atoms with Crippen molar-refractivity contribution in [1.29, 1.82) is 5.26 Å². The Bertz CT molecular complexity index is 2680. The Morgan fingerprint density at radius 3 is 1.63 bits per heavy atom. The summed E-state index contributed by atoms with van der Waals surface area (Å²) < 4.78 is 23.7. The monoisotopic (exact) mass is 858 g/mol. The van der Waals surface area contributed by atoms with Gasteiger partial charge in [0.1, 0.15) is 17.4 Å². The van der Waals surface area contributed by atoms with Gasteiger partial charge in [-0.2, -0.15) is 5.26 Å². The number of anilines is 4. The lowest BCUT2D eigenvalue weighted by Crippen LogP contribution is -2.43. The lowest BCUT2D eigenvalue weighted by Gasteiger charge is -2.17. The van der Waals surface area contributed by atoms with Crippen molar-refractivity contribution < 1.29 is 58.0 Å². The van der Waals surface area contributed by atoms with E-state index in [0.717, 1.165) is 13.2 Å². The molecular weight excluding hydrogens is 820 g/mol. The summed E-state index contributed by atoms with van der Waals surface area (Å²) in [6.45, 7) is 3.37. The third-order valence-electron chi connectivity index (χ3n) is 9.56. The molecule has 5 amide bonds. The number of methoxy groups -OCH3 is 2. The van der Waals surface area contributed by atoms with Crippen molar-refractivity contribution in [1.82, 2.24) is 5.32 Å². The standard InChI is InChI=1S/C45H39FN6O11/c1-23(25-5-11-28(46)12-6-25)24(2)40(55)48-29-13-7-27(8-14-29)42(57)52-35(21-22-47)44(59)49-30-15-9-26(10-16-30)41(56)50-33-19-17-31(36(53)38(33)62-3)43(58)51-34-20-18-32(45(60)61)37(54)39(34)63-4/h5-20,35,53-54H,21H2,1-4H3,(H,48,55)(H,49,59)(H,50,56)(H,51,58)(H,52,57)(H,60,61)/b24-23+/t35-/m0/s1. The van der Waals surface area contributed by atoms with Gasteiger partial charge in [-0.25, -0.2) is 9.18 Å². The topological polar surface area (TPSA) is 266 Å². The highest BCUT2D eigenvalue weighted by atomic mass is 19.1. The zero-order valence-electron chi connectivity index (χ0n) is 34.0. The number of carboxylic acids is 1. The van der Waals surface area contributed by atoms with Crippen LogP contribution in [-0.4, -0.2) is 71.1 Å². The van der Waals surface area contributed by atoms with Crippen molar-refractivity contribution in [2.24, 2.45) is 0 Å². The van der Waals surface area contributed by atoms with Gasteiger partial charge in [-0.05, 0) is 110 Å². The Kier molecular flexibility index (Phi) is 14.4. The number of nitrogens with zero attached hydrogens (tertiary/aromatic N) is 1. The zero-order chi connectivity index (χ0) is 46.0. The van der Waals surface area contributed by atoms with Crippen LogP contribution in [-0.2, 0) is 9.59 Å². The van der Waals surface area contributed by atoms with Crippen LogP contribution in [0.25, 0.3) is 5.57 Å². The molecular formula is C45H39FN6O11. The van der Waals surface area contributed by atoms with Crippen LogP contribution in [0.4, 0.5) is 27.1 Å². The average Bonchev–Trinajstić information content (AvgIpc) is 3.26. The van der Waals surface area contributed by atoms with E-state index < -0.39 is 64.4 Å². The number of benzene rings is 5. The number of allylic oxidation sites excluding steroid dienone is 1. The van der Waals surface area contributed by atoms with E-state index in [1.54, 1.807) is 26.0 Å². The molecule has 17 nitrogen and oxygen atoms in total. The second-order valence-corrected chi connectivity index (χ2v) is 13.5. The second kappa shape index (κ2) is 20.0. The molecule has 0 aliphatic heterocycles. The molecule has 18 heteroatoms. The van der Waals surface area contributed by atoms with Crippen molar-refractivity contribution in [3.05, 3.63) is 136 Å². The molecule has 0 radical (unpaired) electrons. The fourth-order valence-electron chi connectivity index (χ4n) is 5.99. The Morgan fingerprint density at radius 1 is 0.635 bits per heavy atom. The number of nitrogens with one attached hydrogen (secondary N) is 5. The highest BCUT2D eigenvalue weighted by Crippen LogP contribution is 2.40. The van der Waals surface area contributed by atoms with Crippen molar-refractivity contribution in [2.75, 3.05) is 35.5 Å². The first kappa shape index (κ1) is 45.4. The third-order valence-corrected chi connectivity index (χ3v) is 9.56. The smallest absolute Gasteiger partial charge is 0.339 e. The number of aromatic hydroxyl groups is 2. The van der Waals surface area contributed by atoms with Crippen LogP contribution < -0.4 is 36.1 Å². The van der Waals surface area contributed by atoms with Gasteiger partial charge in [0.05, 0.1) is 43.6 Å². The SMILES string of the molecule is COc1c(NC(=O)c2ccc(NC(=O)c3ccc(NC(=O)[C@H](CC#N)NC(=O)c4ccc(NC(=O)/C(C)=C(\C)c5ccc(F)cc5)cc4)cc3)c(OC)c2O)ccc(C(=O)O)c1O. The van der Waals surface area contributed by atoms with Crippen LogP contribution in [0, 0.1) is 17.1 Å². The van der Waals surface area contributed by atoms with Crippen LogP contribution in [0.3, 0.4) is 0 Å². The van der Waals surface area contributed by atoms with E-state index in [9.17, 15) is 53.7 Å². The predicted octanol–water partition coefficient (Wildman–Crippen LogP) is 6.54. The lowest BCUT2D eigenvalue weighted by molar-refractivity contribution is -0.118. The van der Waals surface area contributed by atoms with E-state index in [4.69, 9.17) is 9.47 Å². The van der Waals surface area contributed by atoms with Crippen LogP contribution >= 0.6 is 0 Å². The summed E-state index contributed by atoms with van der Waals surface area (Å²) in [6, 6.07) is 22.5. The van der Waals surface area contributed by atoms with Crippen LogP contribution in [0.15, 0.2) is 103 Å². The van der Waals surface area contributed by atoms with E-state index in [1.165, 1.54) is 86.0 Å². The molecule has 0 spiro atoms. The molecule has 0 aliphatic carbocycles. The summed E-state index contributed by atoms with van der Waals surface area (Å²) in [4.78, 5) is 76.8. The maximum Gasteiger partial charge on any atom is 0.339 e. The first-order chi connectivity index (χ1) is 30.1. The number of amides is 5. The average molecular weight is 859 g/mol. The minimum atomic E-state index is -1.43. The summed E-state index contributed by atoms with van der Waals surface area (Å²) in [5.41, 5.74) is 1.69. The first-order valence-corrected chi connectivity index (χ1v) is 18.7. The second-order valence-electron chi connectivity index (χ2n) is 13.5. The van der Waals surface area contributed by atoms with Crippen LogP contribution in [0.1, 0.15) is 67.3 Å². The van der Waals surface area contributed by atoms with Gasteiger partial charge in [-0.1, -0.05) is 12.1 Å². The molecule has 5 rings (SSSR count). The third kappa shape index (κ3) is 10.7. The molecule has 0 aliphatic rings. The lowest BCUT2D eigenvalue weighted by atomic mass is 10.0. The number of nitriles is 1. The van der Waals surface area contributed by atoms with Gasteiger partial charge in [0.25, 0.3) is 23.6 Å². The summed E-state index contributed by atoms with van der Waals surface area (Å²) in [5, 5.41) is 52.7. The van der Waals surface area contributed by atoms with Crippen molar-refractivity contribution in [3.63, 3.8) is 0 Å². The fourth-order valence-corrected chi connectivity index (χ4v) is 5.99. The molecule has 0 saturated heterocycles. The quantitative estimate of drug-likeness (QED) is 0.0522. The van der Waals surface area contributed by atoms with Gasteiger partial charge < -0.3 is 51.4 Å². The van der Waals surface area contributed by atoms with Gasteiger partial charge in [0, 0.05) is 28.1 Å². The highest BCUT2D eigenvalue weighted by molar-refractivity contribution is 6.11. The maximum atomic E-state index is 13.3. The number of ether oxygens (including phenoxy) is 2. The number of halogens is 1. The first-order valence-electron chi connectivity index (χ1n) is 18.7. The minimum absolute atomic E-state index is 0.0229. The maximum absolute atomic E-state index is 13.3. The predicted molar refractivity (Wildman–Crippen MR) is 228 cm³/mol. The molecule has 322 valence electrons. The molecule has 63 heavy (non-hydrogen) atoms. The molecule has 5 aromatic rings. The molecule has 8 N–H and O–H groups in total. The number of phenols is 2. The number of carbonyl (C=O) groups is 6. The number of hydrogen-bond acceptors (Lipinski definition) is 11. The molecule has 0 saturated carbocycles. The molecule has 5 aromatic carbocycles. The molecule has 0 fully saturated rings. The minimum Gasteiger partial charge on any atom is -0.504 e. The van der Waals surface area contributed by atoms with Gasteiger partial charge in [0.2, 0.25) is 5.91 Å². The molecule has 1 atom stereocenters. The van der Waals surface area contributed by atoms with Gasteiger partial charge in [-0.15, -0.1) is 0 Å². The van der Waals surface area contributed by atoms with Gasteiger partial charge in [0.15, 0.2) is 23.0 Å². The Hall–Kier alpha value is -8.72. The van der Waals surface area contributed by atoms with E-state index >= 15 is 0 Å². The number of hydrogen-bond donors (Lipinski definition) is 8. The van der Waals surface area contributed by atoms with Crippen LogP contribution in [0.5, 0.6) is 23.0 Å². The largest absolute Gasteiger partial charge is 0.504 e. The summed E-state index contributed by atoms with van der Waals surface area (Å²) >= 11 is 0. The van der Waals surface area contributed by atoms with E-state index in [2.05, 4.69) is 26.6 Å². The van der Waals surface area contributed by atoms with E-state index in [1.807, 2.05) is 6.07 Å².